The lowest BCUT2D eigenvalue weighted by molar-refractivity contribution is -0.129. The topological polar surface area (TPSA) is 58.2 Å². The molecule has 1 unspecified atom stereocenters. The average Bonchev–Trinajstić information content (AvgIpc) is 2.96. The van der Waals surface area contributed by atoms with Crippen molar-refractivity contribution in [1.82, 2.24) is 10.6 Å². The first-order chi connectivity index (χ1) is 11.5. The van der Waals surface area contributed by atoms with Gasteiger partial charge in [-0.05, 0) is 33.5 Å². The van der Waals surface area contributed by atoms with E-state index in [0.29, 0.717) is 13.0 Å². The van der Waals surface area contributed by atoms with Crippen LogP contribution >= 0.6 is 27.3 Å². The Morgan fingerprint density at radius 2 is 1.92 bits per heavy atom. The van der Waals surface area contributed by atoms with Crippen LogP contribution in [0, 0.1) is 5.92 Å². The maximum atomic E-state index is 12.6. The van der Waals surface area contributed by atoms with Crippen molar-refractivity contribution in [3.8, 4) is 0 Å². The third-order valence-corrected chi connectivity index (χ3v) is 5.05. The van der Waals surface area contributed by atoms with Crippen LogP contribution in [0.15, 0.2) is 46.3 Å². The summed E-state index contributed by atoms with van der Waals surface area (Å²) in [5.41, 5.74) is 0.777. The van der Waals surface area contributed by atoms with E-state index in [4.69, 9.17) is 0 Å². The first-order valence-electron chi connectivity index (χ1n) is 7.80. The molecule has 0 aliphatic carbocycles. The molecule has 0 bridgehead atoms. The number of nitrogens with one attached hydrogen (secondary N) is 2. The molecule has 1 atom stereocenters. The summed E-state index contributed by atoms with van der Waals surface area (Å²) < 4.78 is 1.00. The maximum Gasteiger partial charge on any atom is 0.247 e. The highest BCUT2D eigenvalue weighted by atomic mass is 79.9. The van der Waals surface area contributed by atoms with Crippen molar-refractivity contribution in [2.24, 2.45) is 5.92 Å². The summed E-state index contributed by atoms with van der Waals surface area (Å²) in [4.78, 5) is 25.8. The highest BCUT2D eigenvalue weighted by molar-refractivity contribution is 9.10. The Kier molecular flexibility index (Phi) is 6.99. The molecule has 2 amide bonds. The third kappa shape index (κ3) is 5.76. The molecule has 2 rings (SSSR count). The van der Waals surface area contributed by atoms with E-state index in [9.17, 15) is 9.59 Å². The van der Waals surface area contributed by atoms with Crippen molar-refractivity contribution >= 4 is 39.1 Å². The van der Waals surface area contributed by atoms with Crippen molar-refractivity contribution in [1.29, 1.82) is 0 Å². The van der Waals surface area contributed by atoms with E-state index in [-0.39, 0.29) is 17.7 Å². The van der Waals surface area contributed by atoms with Crippen molar-refractivity contribution in [2.45, 2.75) is 32.9 Å². The molecule has 1 aromatic carbocycles. The Labute approximate surface area is 154 Å². The molecule has 6 heteroatoms. The van der Waals surface area contributed by atoms with Crippen molar-refractivity contribution < 1.29 is 9.59 Å². The summed E-state index contributed by atoms with van der Waals surface area (Å²) >= 11 is 4.97. The van der Waals surface area contributed by atoms with Gasteiger partial charge in [-0.3, -0.25) is 9.59 Å². The monoisotopic (exact) mass is 408 g/mol. The van der Waals surface area contributed by atoms with Gasteiger partial charge in [0.15, 0.2) is 0 Å². The molecule has 24 heavy (non-hydrogen) atoms. The number of carbonyl (C=O) groups excluding carboxylic acids is 2. The highest BCUT2D eigenvalue weighted by Crippen LogP contribution is 2.20. The molecule has 0 fully saturated rings. The lowest BCUT2D eigenvalue weighted by Gasteiger charge is -2.19. The largest absolute Gasteiger partial charge is 0.349 e. The number of halogens is 1. The second kappa shape index (κ2) is 8.99. The Hall–Kier alpha value is -1.66. The highest BCUT2D eigenvalue weighted by Gasteiger charge is 2.22. The molecular formula is C18H21BrN2O2S. The summed E-state index contributed by atoms with van der Waals surface area (Å²) in [6.45, 7) is 4.40. The minimum Gasteiger partial charge on any atom is -0.349 e. The predicted molar refractivity (Wildman–Crippen MR) is 101 cm³/mol. The smallest absolute Gasteiger partial charge is 0.247 e. The Bertz CT molecular complexity index is 685. The SMILES string of the molecule is CC(C)CC(=O)NC(C(=O)NCc1cc(Br)cs1)c1ccccc1. The van der Waals surface area contributed by atoms with E-state index in [2.05, 4.69) is 26.6 Å². The maximum absolute atomic E-state index is 12.6. The van der Waals surface area contributed by atoms with E-state index in [1.807, 2.05) is 55.6 Å². The van der Waals surface area contributed by atoms with Crippen LogP contribution in [0.3, 0.4) is 0 Å². The van der Waals surface area contributed by atoms with Crippen LogP contribution in [-0.4, -0.2) is 11.8 Å². The minimum atomic E-state index is -0.680. The summed E-state index contributed by atoms with van der Waals surface area (Å²) in [6.07, 6.45) is 0.397. The van der Waals surface area contributed by atoms with Crippen LogP contribution in [0.5, 0.6) is 0 Å². The van der Waals surface area contributed by atoms with Gasteiger partial charge in [0.1, 0.15) is 6.04 Å². The first-order valence-corrected chi connectivity index (χ1v) is 9.48. The first kappa shape index (κ1) is 18.7. The van der Waals surface area contributed by atoms with Gasteiger partial charge in [0.2, 0.25) is 11.8 Å². The normalized spacial score (nSPS) is 12.0. The molecular weight excluding hydrogens is 388 g/mol. The fraction of sp³-hybridized carbons (Fsp3) is 0.333. The van der Waals surface area contributed by atoms with Crippen LogP contribution in [-0.2, 0) is 16.1 Å². The van der Waals surface area contributed by atoms with Gasteiger partial charge in [0, 0.05) is 21.2 Å². The van der Waals surface area contributed by atoms with Crippen LogP contribution in [0.25, 0.3) is 0 Å². The number of thiophene rings is 1. The number of benzene rings is 1. The zero-order chi connectivity index (χ0) is 17.5. The van der Waals surface area contributed by atoms with E-state index in [1.165, 1.54) is 0 Å². The number of rotatable bonds is 7. The molecule has 0 spiro atoms. The van der Waals surface area contributed by atoms with Gasteiger partial charge < -0.3 is 10.6 Å². The van der Waals surface area contributed by atoms with Gasteiger partial charge in [-0.15, -0.1) is 11.3 Å². The molecule has 1 aromatic heterocycles. The summed E-state index contributed by atoms with van der Waals surface area (Å²) in [7, 11) is 0. The van der Waals surface area contributed by atoms with Crippen molar-refractivity contribution in [3.63, 3.8) is 0 Å². The van der Waals surface area contributed by atoms with Gasteiger partial charge in [0.05, 0.1) is 6.54 Å². The van der Waals surface area contributed by atoms with Crippen LogP contribution in [0.2, 0.25) is 0 Å². The number of hydrogen-bond acceptors (Lipinski definition) is 3. The number of amides is 2. The molecule has 2 aromatic rings. The van der Waals surface area contributed by atoms with Gasteiger partial charge in [-0.2, -0.15) is 0 Å². The Morgan fingerprint density at radius 3 is 2.50 bits per heavy atom. The number of carbonyl (C=O) groups is 2. The van der Waals surface area contributed by atoms with Crippen LogP contribution < -0.4 is 10.6 Å². The van der Waals surface area contributed by atoms with Gasteiger partial charge in [-0.25, -0.2) is 0 Å². The minimum absolute atomic E-state index is 0.118. The molecule has 0 aliphatic heterocycles. The van der Waals surface area contributed by atoms with Crippen LogP contribution in [0.4, 0.5) is 0 Å². The standard InChI is InChI=1S/C18H21BrN2O2S/c1-12(2)8-16(22)21-17(13-6-4-3-5-7-13)18(23)20-10-15-9-14(19)11-24-15/h3-7,9,11-12,17H,8,10H2,1-2H3,(H,20,23)(H,21,22). The predicted octanol–water partition coefficient (Wildman–Crippen LogP) is 4.03. The van der Waals surface area contributed by atoms with E-state index < -0.39 is 6.04 Å². The van der Waals surface area contributed by atoms with Crippen molar-refractivity contribution in [2.75, 3.05) is 0 Å². The molecule has 0 radical (unpaired) electrons. The third-order valence-electron chi connectivity index (χ3n) is 3.35. The molecule has 4 nitrogen and oxygen atoms in total. The fourth-order valence-electron chi connectivity index (χ4n) is 2.26. The zero-order valence-corrected chi connectivity index (χ0v) is 16.1. The average molecular weight is 409 g/mol. The van der Waals surface area contributed by atoms with Gasteiger partial charge >= 0.3 is 0 Å². The summed E-state index contributed by atoms with van der Waals surface area (Å²) in [5.74, 6) is -0.0800. The number of hydrogen-bond donors (Lipinski definition) is 2. The van der Waals surface area contributed by atoms with E-state index in [1.54, 1.807) is 11.3 Å². The quantitative estimate of drug-likeness (QED) is 0.726. The van der Waals surface area contributed by atoms with Gasteiger partial charge in [-0.1, -0.05) is 44.2 Å². The summed E-state index contributed by atoms with van der Waals surface area (Å²) in [6, 6.07) is 10.6. The molecule has 0 saturated carbocycles. The Balaban J connectivity index is 2.06. The Morgan fingerprint density at radius 1 is 1.21 bits per heavy atom. The van der Waals surface area contributed by atoms with Gasteiger partial charge in [0.25, 0.3) is 0 Å². The van der Waals surface area contributed by atoms with Crippen molar-refractivity contribution in [3.05, 3.63) is 56.7 Å². The molecule has 0 aliphatic rings. The van der Waals surface area contributed by atoms with E-state index in [0.717, 1.165) is 14.9 Å². The molecule has 0 saturated heterocycles. The van der Waals surface area contributed by atoms with Crippen LogP contribution in [0.1, 0.15) is 36.8 Å². The lowest BCUT2D eigenvalue weighted by atomic mass is 10.0. The second-order valence-corrected chi connectivity index (χ2v) is 7.87. The zero-order valence-electron chi connectivity index (χ0n) is 13.7. The molecule has 128 valence electrons. The second-order valence-electron chi connectivity index (χ2n) is 5.96. The summed E-state index contributed by atoms with van der Waals surface area (Å²) in [5, 5.41) is 7.73. The lowest BCUT2D eigenvalue weighted by Crippen LogP contribution is -2.40. The van der Waals surface area contributed by atoms with E-state index >= 15 is 0 Å². The molecule has 1 heterocycles. The molecule has 2 N–H and O–H groups in total. The fourth-order valence-corrected chi connectivity index (χ4v) is 3.65.